The molecule has 1 aromatic carbocycles. The van der Waals surface area contributed by atoms with Crippen molar-refractivity contribution in [2.45, 2.75) is 25.8 Å². The Morgan fingerprint density at radius 1 is 1.29 bits per heavy atom. The van der Waals surface area contributed by atoms with Gasteiger partial charge in [0.2, 0.25) is 0 Å². The van der Waals surface area contributed by atoms with E-state index in [2.05, 4.69) is 0 Å². The lowest BCUT2D eigenvalue weighted by Crippen LogP contribution is -2.21. The molecular weight excluding hydrogens is 226 g/mol. The number of nitro groups is 2. The Morgan fingerprint density at radius 3 is 2.41 bits per heavy atom. The maximum atomic E-state index is 10.8. The SMILES string of the molecule is CCC(N)Cc1ccc([N+](=O)[O-])cc1[N+](=O)[O-]. The molecule has 0 radical (unpaired) electrons. The lowest BCUT2D eigenvalue weighted by Gasteiger charge is -2.08. The third kappa shape index (κ3) is 3.22. The summed E-state index contributed by atoms with van der Waals surface area (Å²) in [5, 5.41) is 21.3. The minimum absolute atomic E-state index is 0.185. The number of hydrogen-bond donors (Lipinski definition) is 1. The molecule has 1 atom stereocenters. The van der Waals surface area contributed by atoms with Crippen molar-refractivity contribution in [3.8, 4) is 0 Å². The highest BCUT2D eigenvalue weighted by molar-refractivity contribution is 5.49. The van der Waals surface area contributed by atoms with Crippen LogP contribution < -0.4 is 5.73 Å². The summed E-state index contributed by atoms with van der Waals surface area (Å²) in [6.07, 6.45) is 1.03. The number of nitrogens with zero attached hydrogens (tertiary/aromatic N) is 2. The average molecular weight is 239 g/mol. The molecule has 7 heteroatoms. The van der Waals surface area contributed by atoms with Gasteiger partial charge in [-0.1, -0.05) is 6.92 Å². The molecule has 0 aliphatic heterocycles. The van der Waals surface area contributed by atoms with E-state index in [9.17, 15) is 20.2 Å². The summed E-state index contributed by atoms with van der Waals surface area (Å²) in [6, 6.07) is 3.43. The van der Waals surface area contributed by atoms with Gasteiger partial charge in [0.15, 0.2) is 0 Å². The van der Waals surface area contributed by atoms with Crippen LogP contribution in [0.2, 0.25) is 0 Å². The second-order valence-corrected chi connectivity index (χ2v) is 3.70. The van der Waals surface area contributed by atoms with Crippen LogP contribution in [0.4, 0.5) is 11.4 Å². The van der Waals surface area contributed by atoms with Crippen LogP contribution in [0.1, 0.15) is 18.9 Å². The summed E-state index contributed by atoms with van der Waals surface area (Å²) >= 11 is 0. The van der Waals surface area contributed by atoms with Crippen LogP contribution >= 0.6 is 0 Å². The Bertz CT molecular complexity index is 447. The number of benzene rings is 1. The zero-order chi connectivity index (χ0) is 13.0. The van der Waals surface area contributed by atoms with E-state index in [-0.39, 0.29) is 17.4 Å². The smallest absolute Gasteiger partial charge is 0.279 e. The van der Waals surface area contributed by atoms with E-state index in [1.54, 1.807) is 0 Å². The van der Waals surface area contributed by atoms with Gasteiger partial charge in [0.1, 0.15) is 0 Å². The van der Waals surface area contributed by atoms with Gasteiger partial charge in [-0.2, -0.15) is 0 Å². The fraction of sp³-hybridized carbons (Fsp3) is 0.400. The minimum Gasteiger partial charge on any atom is -0.327 e. The maximum Gasteiger partial charge on any atom is 0.279 e. The van der Waals surface area contributed by atoms with Crippen molar-refractivity contribution in [1.82, 2.24) is 0 Å². The van der Waals surface area contributed by atoms with Gasteiger partial charge in [-0.05, 0) is 18.9 Å². The van der Waals surface area contributed by atoms with Crippen LogP contribution in [0.3, 0.4) is 0 Å². The average Bonchev–Trinajstić information content (AvgIpc) is 2.28. The largest absolute Gasteiger partial charge is 0.327 e. The van der Waals surface area contributed by atoms with E-state index >= 15 is 0 Å². The molecule has 0 spiro atoms. The normalized spacial score (nSPS) is 12.1. The molecular formula is C10H13N3O4. The molecule has 1 rings (SSSR count). The number of nitrogens with two attached hydrogens (primary N) is 1. The number of nitro benzene ring substituents is 2. The molecule has 0 amide bonds. The lowest BCUT2D eigenvalue weighted by molar-refractivity contribution is -0.394. The topological polar surface area (TPSA) is 112 Å². The van der Waals surface area contributed by atoms with E-state index in [1.165, 1.54) is 12.1 Å². The Balaban J connectivity index is 3.13. The van der Waals surface area contributed by atoms with Crippen molar-refractivity contribution in [3.63, 3.8) is 0 Å². The van der Waals surface area contributed by atoms with Crippen molar-refractivity contribution in [2.24, 2.45) is 5.73 Å². The fourth-order valence-electron chi connectivity index (χ4n) is 1.44. The standard InChI is InChI=1S/C10H13N3O4/c1-2-8(11)5-7-3-4-9(12(14)15)6-10(7)13(16)17/h3-4,6,8H,2,5,11H2,1H3. The zero-order valence-electron chi connectivity index (χ0n) is 9.33. The van der Waals surface area contributed by atoms with Crippen molar-refractivity contribution in [2.75, 3.05) is 0 Å². The summed E-state index contributed by atoms with van der Waals surface area (Å²) in [5.41, 5.74) is 5.61. The maximum absolute atomic E-state index is 10.8. The third-order valence-electron chi connectivity index (χ3n) is 2.48. The number of non-ortho nitro benzene ring substituents is 1. The van der Waals surface area contributed by atoms with E-state index < -0.39 is 9.85 Å². The van der Waals surface area contributed by atoms with Gasteiger partial charge in [-0.15, -0.1) is 0 Å². The summed E-state index contributed by atoms with van der Waals surface area (Å²) in [6.45, 7) is 1.88. The molecule has 0 aliphatic carbocycles. The lowest BCUT2D eigenvalue weighted by atomic mass is 10.0. The van der Waals surface area contributed by atoms with Crippen LogP contribution in [0, 0.1) is 20.2 Å². The quantitative estimate of drug-likeness (QED) is 0.621. The Kier molecular flexibility index (Phi) is 4.11. The molecule has 1 aromatic rings. The number of rotatable bonds is 5. The van der Waals surface area contributed by atoms with E-state index in [4.69, 9.17) is 5.73 Å². The Hall–Kier alpha value is -2.02. The van der Waals surface area contributed by atoms with E-state index in [1.807, 2.05) is 6.92 Å². The summed E-state index contributed by atoms with van der Waals surface area (Å²) < 4.78 is 0. The second kappa shape index (κ2) is 5.35. The summed E-state index contributed by atoms with van der Waals surface area (Å²) in [4.78, 5) is 20.1. The van der Waals surface area contributed by atoms with Crippen molar-refractivity contribution >= 4 is 11.4 Å². The molecule has 0 saturated heterocycles. The van der Waals surface area contributed by atoms with Crippen LogP contribution in [0.5, 0.6) is 0 Å². The fourth-order valence-corrected chi connectivity index (χ4v) is 1.44. The summed E-state index contributed by atoms with van der Waals surface area (Å²) in [5.74, 6) is 0. The highest BCUT2D eigenvalue weighted by Crippen LogP contribution is 2.25. The monoisotopic (exact) mass is 239 g/mol. The van der Waals surface area contributed by atoms with E-state index in [0.717, 1.165) is 6.07 Å². The minimum atomic E-state index is -0.656. The Morgan fingerprint density at radius 2 is 1.94 bits per heavy atom. The van der Waals surface area contributed by atoms with E-state index in [0.29, 0.717) is 18.4 Å². The molecule has 0 saturated carbocycles. The molecule has 0 aliphatic rings. The predicted octanol–water partition coefficient (Wildman–Crippen LogP) is 1.78. The molecule has 0 heterocycles. The van der Waals surface area contributed by atoms with Gasteiger partial charge in [0, 0.05) is 17.7 Å². The van der Waals surface area contributed by atoms with Crippen LogP contribution in [0.15, 0.2) is 18.2 Å². The van der Waals surface area contributed by atoms with Crippen molar-refractivity contribution < 1.29 is 9.85 Å². The molecule has 0 fully saturated rings. The van der Waals surface area contributed by atoms with Gasteiger partial charge in [0.25, 0.3) is 11.4 Å². The van der Waals surface area contributed by atoms with Crippen LogP contribution in [0.25, 0.3) is 0 Å². The van der Waals surface area contributed by atoms with Gasteiger partial charge in [0.05, 0.1) is 15.9 Å². The first-order chi connectivity index (χ1) is 7.95. The molecule has 17 heavy (non-hydrogen) atoms. The third-order valence-corrected chi connectivity index (χ3v) is 2.48. The second-order valence-electron chi connectivity index (χ2n) is 3.70. The van der Waals surface area contributed by atoms with Gasteiger partial charge < -0.3 is 5.73 Å². The highest BCUT2D eigenvalue weighted by Gasteiger charge is 2.20. The van der Waals surface area contributed by atoms with Crippen molar-refractivity contribution in [3.05, 3.63) is 44.0 Å². The Labute approximate surface area is 97.5 Å². The van der Waals surface area contributed by atoms with Crippen LogP contribution in [-0.4, -0.2) is 15.9 Å². The molecule has 1 unspecified atom stereocenters. The van der Waals surface area contributed by atoms with Crippen LogP contribution in [-0.2, 0) is 6.42 Å². The predicted molar refractivity (Wildman–Crippen MR) is 61.7 cm³/mol. The molecule has 2 N–H and O–H groups in total. The van der Waals surface area contributed by atoms with Gasteiger partial charge in [-0.25, -0.2) is 0 Å². The number of hydrogen-bond acceptors (Lipinski definition) is 5. The first kappa shape index (κ1) is 13.0. The first-order valence-electron chi connectivity index (χ1n) is 5.13. The van der Waals surface area contributed by atoms with Crippen molar-refractivity contribution in [1.29, 1.82) is 0 Å². The zero-order valence-corrected chi connectivity index (χ0v) is 9.33. The summed E-state index contributed by atoms with van der Waals surface area (Å²) in [7, 11) is 0. The molecule has 0 aromatic heterocycles. The highest BCUT2D eigenvalue weighted by atomic mass is 16.6. The first-order valence-corrected chi connectivity index (χ1v) is 5.13. The molecule has 92 valence electrons. The molecule has 7 nitrogen and oxygen atoms in total. The van der Waals surface area contributed by atoms with Gasteiger partial charge in [-0.3, -0.25) is 20.2 Å². The molecule has 0 bridgehead atoms. The van der Waals surface area contributed by atoms with Gasteiger partial charge >= 0.3 is 0 Å².